The standard InChI is InChI=1S/C68H72N4O/c1-64(2,3)45-34-43(33-44(35-45)57-36-42(31-32-69-57)52-27-21-28-54-53-25-19-20-29-58(53)71(61(52)54)49-23-17-16-18-24-49)51-26-22-30-59-60(51)70-63(55-40-48(67(10,11)12)41-56(62(55)73)68(13,14)15)72(59)50-38-46(65(4,5)6)37-47(39-50)66(7,8)9/h16-41,73H,1-15H3. The van der Waals surface area contributed by atoms with Crippen LogP contribution in [-0.4, -0.2) is 24.2 Å². The maximum atomic E-state index is 12.6. The SMILES string of the molecule is CC(C)(C)c1cc(-c2cc(-c3cccc4c5ccccc5n(-c5ccccc5)c34)ccn2)cc(-c2cccc3c2nc(-c2cc(C(C)(C)C)cc(C(C)(C)C)c2O)n3-c2cc(C(C)(C)C)cc(C(C)(C)C)c2)c1. The number of rotatable bonds is 6. The summed E-state index contributed by atoms with van der Waals surface area (Å²) in [5, 5.41) is 15.1. The number of phenols is 1. The van der Waals surface area contributed by atoms with Crippen molar-refractivity contribution in [1.29, 1.82) is 0 Å². The summed E-state index contributed by atoms with van der Waals surface area (Å²) in [5.41, 5.74) is 18.2. The fourth-order valence-corrected chi connectivity index (χ4v) is 10.4. The molecule has 1 N–H and O–H groups in total. The first-order chi connectivity index (χ1) is 34.3. The number of aromatic hydroxyl groups is 1. The molecule has 0 spiro atoms. The van der Waals surface area contributed by atoms with Gasteiger partial charge in [-0.1, -0.05) is 189 Å². The van der Waals surface area contributed by atoms with Crippen molar-refractivity contribution in [3.8, 4) is 62.0 Å². The lowest BCUT2D eigenvalue weighted by molar-refractivity contribution is 0.446. The number of aromatic nitrogens is 4. The van der Waals surface area contributed by atoms with Gasteiger partial charge in [0.05, 0.1) is 33.3 Å². The van der Waals surface area contributed by atoms with Crippen molar-refractivity contribution in [3.05, 3.63) is 186 Å². The van der Waals surface area contributed by atoms with E-state index < -0.39 is 0 Å². The zero-order chi connectivity index (χ0) is 52.2. The molecule has 10 aromatic rings. The Morgan fingerprint density at radius 1 is 0.397 bits per heavy atom. The molecule has 3 aromatic heterocycles. The Balaban J connectivity index is 1.23. The number of benzene rings is 7. The van der Waals surface area contributed by atoms with E-state index in [0.29, 0.717) is 5.82 Å². The second kappa shape index (κ2) is 17.5. The molecule has 0 radical (unpaired) electrons. The zero-order valence-corrected chi connectivity index (χ0v) is 45.7. The fraction of sp³-hybridized carbons (Fsp3) is 0.294. The average molecular weight is 961 g/mol. The molecule has 0 saturated heterocycles. The lowest BCUT2D eigenvalue weighted by Gasteiger charge is -2.28. The van der Waals surface area contributed by atoms with E-state index in [1.807, 2.05) is 6.20 Å². The van der Waals surface area contributed by atoms with Crippen LogP contribution < -0.4 is 0 Å². The van der Waals surface area contributed by atoms with Gasteiger partial charge in [-0.25, -0.2) is 4.98 Å². The second-order valence-electron chi connectivity index (χ2n) is 25.5. The minimum atomic E-state index is -0.324. The van der Waals surface area contributed by atoms with Gasteiger partial charge in [-0.05, 0) is 127 Å². The maximum absolute atomic E-state index is 12.6. The molecule has 7 aromatic carbocycles. The molecular weight excluding hydrogens is 889 g/mol. The van der Waals surface area contributed by atoms with Crippen LogP contribution in [0.1, 0.15) is 132 Å². The predicted octanol–water partition coefficient (Wildman–Crippen LogP) is 18.4. The van der Waals surface area contributed by atoms with Crippen LogP contribution in [0.5, 0.6) is 5.75 Å². The molecule has 370 valence electrons. The minimum Gasteiger partial charge on any atom is -0.507 e. The van der Waals surface area contributed by atoms with Crippen molar-refractivity contribution in [1.82, 2.24) is 19.1 Å². The van der Waals surface area contributed by atoms with Gasteiger partial charge in [0.1, 0.15) is 11.6 Å². The van der Waals surface area contributed by atoms with Crippen LogP contribution in [0.3, 0.4) is 0 Å². The van der Waals surface area contributed by atoms with Crippen LogP contribution in [0, 0.1) is 0 Å². The van der Waals surface area contributed by atoms with Crippen molar-refractivity contribution < 1.29 is 5.11 Å². The molecule has 0 saturated carbocycles. The molecule has 0 aliphatic rings. The Labute approximate surface area is 433 Å². The van der Waals surface area contributed by atoms with Crippen molar-refractivity contribution in [2.45, 2.75) is 131 Å². The van der Waals surface area contributed by atoms with E-state index in [4.69, 9.17) is 9.97 Å². The molecule has 5 nitrogen and oxygen atoms in total. The van der Waals surface area contributed by atoms with Crippen LogP contribution >= 0.6 is 0 Å². The average Bonchev–Trinajstić information content (AvgIpc) is 3.89. The number of nitrogens with zero attached hydrogens (tertiary/aromatic N) is 4. The molecule has 3 heterocycles. The van der Waals surface area contributed by atoms with E-state index in [1.165, 1.54) is 38.5 Å². The van der Waals surface area contributed by atoms with E-state index >= 15 is 0 Å². The third kappa shape index (κ3) is 9.06. The second-order valence-corrected chi connectivity index (χ2v) is 25.5. The van der Waals surface area contributed by atoms with Gasteiger partial charge in [-0.15, -0.1) is 0 Å². The largest absolute Gasteiger partial charge is 0.507 e. The highest BCUT2D eigenvalue weighted by Crippen LogP contribution is 2.46. The highest BCUT2D eigenvalue weighted by molar-refractivity contribution is 6.14. The first kappa shape index (κ1) is 49.3. The highest BCUT2D eigenvalue weighted by Gasteiger charge is 2.30. The number of hydrogen-bond donors (Lipinski definition) is 1. The van der Waals surface area contributed by atoms with E-state index in [1.54, 1.807) is 0 Å². The molecule has 5 heteroatoms. The summed E-state index contributed by atoms with van der Waals surface area (Å²) in [5.74, 6) is 0.982. The smallest absolute Gasteiger partial charge is 0.149 e. The Hall–Kier alpha value is -7.24. The molecule has 0 unspecified atom stereocenters. The van der Waals surface area contributed by atoms with Crippen LogP contribution in [0.25, 0.3) is 89.1 Å². The van der Waals surface area contributed by atoms with Crippen molar-refractivity contribution in [3.63, 3.8) is 0 Å². The van der Waals surface area contributed by atoms with Gasteiger partial charge >= 0.3 is 0 Å². The normalized spacial score (nSPS) is 12.9. The number of phenolic OH excluding ortho intramolecular Hbond substituents is 1. The van der Waals surface area contributed by atoms with Gasteiger partial charge in [0.25, 0.3) is 0 Å². The monoisotopic (exact) mass is 961 g/mol. The summed E-state index contributed by atoms with van der Waals surface area (Å²) in [6, 6.07) is 55.4. The molecule has 0 aliphatic carbocycles. The number of hydrogen-bond acceptors (Lipinski definition) is 3. The number of fused-ring (bicyclic) bond motifs is 4. The summed E-state index contributed by atoms with van der Waals surface area (Å²) >= 11 is 0. The van der Waals surface area contributed by atoms with E-state index in [9.17, 15) is 5.11 Å². The van der Waals surface area contributed by atoms with E-state index in [0.717, 1.165) is 72.6 Å². The van der Waals surface area contributed by atoms with Crippen LogP contribution in [0.4, 0.5) is 0 Å². The van der Waals surface area contributed by atoms with Crippen LogP contribution in [0.15, 0.2) is 158 Å². The summed E-state index contributed by atoms with van der Waals surface area (Å²) in [6.45, 7) is 33.8. The number of pyridine rings is 1. The zero-order valence-electron chi connectivity index (χ0n) is 45.7. The lowest BCUT2D eigenvalue weighted by Crippen LogP contribution is -2.18. The molecule has 0 bridgehead atoms. The van der Waals surface area contributed by atoms with E-state index in [2.05, 4.69) is 265 Å². The molecule has 0 amide bonds. The highest BCUT2D eigenvalue weighted by atomic mass is 16.3. The summed E-state index contributed by atoms with van der Waals surface area (Å²) in [4.78, 5) is 10.9. The van der Waals surface area contributed by atoms with Crippen molar-refractivity contribution >= 4 is 32.8 Å². The van der Waals surface area contributed by atoms with Crippen LogP contribution in [-0.2, 0) is 27.1 Å². The first-order valence-corrected chi connectivity index (χ1v) is 26.0. The van der Waals surface area contributed by atoms with Crippen molar-refractivity contribution in [2.75, 3.05) is 0 Å². The summed E-state index contributed by atoms with van der Waals surface area (Å²) < 4.78 is 4.71. The van der Waals surface area contributed by atoms with E-state index in [-0.39, 0.29) is 32.8 Å². The molecule has 0 fully saturated rings. The topological polar surface area (TPSA) is 55.9 Å². The lowest BCUT2D eigenvalue weighted by atomic mass is 9.78. The van der Waals surface area contributed by atoms with Gasteiger partial charge in [0.15, 0.2) is 0 Å². The minimum absolute atomic E-state index is 0.118. The van der Waals surface area contributed by atoms with Gasteiger partial charge in [-0.2, -0.15) is 0 Å². The summed E-state index contributed by atoms with van der Waals surface area (Å²) in [6.07, 6.45) is 1.96. The first-order valence-electron chi connectivity index (χ1n) is 26.0. The van der Waals surface area contributed by atoms with Gasteiger partial charge < -0.3 is 9.67 Å². The third-order valence-electron chi connectivity index (χ3n) is 14.8. The molecule has 0 aliphatic heterocycles. The van der Waals surface area contributed by atoms with Gasteiger partial charge in [0.2, 0.25) is 0 Å². The maximum Gasteiger partial charge on any atom is 0.149 e. The number of imidazole rings is 1. The van der Waals surface area contributed by atoms with Gasteiger partial charge in [-0.3, -0.25) is 9.55 Å². The molecule has 73 heavy (non-hydrogen) atoms. The predicted molar refractivity (Wildman–Crippen MR) is 310 cm³/mol. The number of para-hydroxylation sites is 4. The quantitative estimate of drug-likeness (QED) is 0.181. The fourth-order valence-electron chi connectivity index (χ4n) is 10.4. The Bertz CT molecular complexity index is 3720. The van der Waals surface area contributed by atoms with Crippen molar-refractivity contribution in [2.24, 2.45) is 0 Å². The summed E-state index contributed by atoms with van der Waals surface area (Å²) in [7, 11) is 0. The molecule has 10 rings (SSSR count). The van der Waals surface area contributed by atoms with Gasteiger partial charge in [0, 0.05) is 50.6 Å². The Morgan fingerprint density at radius 3 is 1.62 bits per heavy atom. The molecule has 0 atom stereocenters. The third-order valence-corrected chi connectivity index (χ3v) is 14.8. The molecular formula is C68H72N4O. The Morgan fingerprint density at radius 2 is 0.959 bits per heavy atom. The van der Waals surface area contributed by atoms with Crippen LogP contribution in [0.2, 0.25) is 0 Å². The Kier molecular flexibility index (Phi) is 11.8.